The molecular formula is C18H24N4O2S. The van der Waals surface area contributed by atoms with E-state index < -0.39 is 0 Å². The van der Waals surface area contributed by atoms with Gasteiger partial charge in [-0.2, -0.15) is 0 Å². The predicted octanol–water partition coefficient (Wildman–Crippen LogP) is 2.55. The van der Waals surface area contributed by atoms with Crippen molar-refractivity contribution < 1.29 is 4.79 Å². The van der Waals surface area contributed by atoms with Crippen molar-refractivity contribution in [3.05, 3.63) is 46.4 Å². The molecule has 1 heterocycles. The zero-order valence-corrected chi connectivity index (χ0v) is 15.1. The van der Waals surface area contributed by atoms with E-state index in [1.807, 2.05) is 30.3 Å². The van der Waals surface area contributed by atoms with Gasteiger partial charge in [0.25, 0.3) is 0 Å². The average Bonchev–Trinajstić information content (AvgIpc) is 2.97. The Morgan fingerprint density at radius 1 is 1.24 bits per heavy atom. The first-order valence-corrected chi connectivity index (χ1v) is 9.82. The zero-order valence-electron chi connectivity index (χ0n) is 14.2. The van der Waals surface area contributed by atoms with E-state index in [0.29, 0.717) is 29.9 Å². The lowest BCUT2D eigenvalue weighted by atomic mass is 9.95. The van der Waals surface area contributed by atoms with Crippen molar-refractivity contribution in [1.29, 1.82) is 0 Å². The van der Waals surface area contributed by atoms with Crippen molar-refractivity contribution in [2.45, 2.75) is 56.3 Å². The lowest BCUT2D eigenvalue weighted by Crippen LogP contribution is -2.36. The van der Waals surface area contributed by atoms with Crippen molar-refractivity contribution in [2.24, 2.45) is 0 Å². The number of thioether (sulfide) groups is 1. The highest BCUT2D eigenvalue weighted by molar-refractivity contribution is 7.99. The summed E-state index contributed by atoms with van der Waals surface area (Å²) in [7, 11) is 0. The molecule has 1 saturated carbocycles. The van der Waals surface area contributed by atoms with Crippen molar-refractivity contribution >= 4 is 17.7 Å². The fourth-order valence-corrected chi connectivity index (χ4v) is 3.98. The monoisotopic (exact) mass is 360 g/mol. The van der Waals surface area contributed by atoms with Crippen LogP contribution < -0.4 is 11.0 Å². The van der Waals surface area contributed by atoms with Crippen LogP contribution in [0.25, 0.3) is 0 Å². The van der Waals surface area contributed by atoms with Crippen LogP contribution in [-0.4, -0.2) is 32.5 Å². The molecule has 1 aliphatic rings. The molecule has 25 heavy (non-hydrogen) atoms. The highest BCUT2D eigenvalue weighted by Crippen LogP contribution is 2.18. The zero-order chi connectivity index (χ0) is 17.5. The van der Waals surface area contributed by atoms with Crippen LogP contribution in [0.2, 0.25) is 0 Å². The third-order valence-electron chi connectivity index (χ3n) is 4.44. The molecule has 0 radical (unpaired) electrons. The lowest BCUT2D eigenvalue weighted by molar-refractivity contribution is -0.121. The van der Waals surface area contributed by atoms with Gasteiger partial charge in [0.1, 0.15) is 0 Å². The summed E-state index contributed by atoms with van der Waals surface area (Å²) in [5.74, 6) is 0.698. The summed E-state index contributed by atoms with van der Waals surface area (Å²) in [4.78, 5) is 24.0. The molecule has 0 bridgehead atoms. The number of aromatic amines is 1. The number of benzene rings is 1. The molecule has 1 aromatic carbocycles. The maximum Gasteiger partial charge on any atom is 0.344 e. The van der Waals surface area contributed by atoms with Crippen LogP contribution in [0.3, 0.4) is 0 Å². The lowest BCUT2D eigenvalue weighted by Gasteiger charge is -2.22. The van der Waals surface area contributed by atoms with Crippen LogP contribution in [0.15, 0.2) is 40.3 Å². The van der Waals surface area contributed by atoms with Crippen molar-refractivity contribution in [1.82, 2.24) is 20.1 Å². The van der Waals surface area contributed by atoms with E-state index in [4.69, 9.17) is 0 Å². The Balaban J connectivity index is 1.50. The third kappa shape index (κ3) is 5.22. The summed E-state index contributed by atoms with van der Waals surface area (Å²) in [6, 6.07) is 10.1. The Bertz CT molecular complexity index is 735. The fourth-order valence-electron chi connectivity index (χ4n) is 3.10. The number of carbonyl (C=O) groups is 1. The maximum absolute atomic E-state index is 12.1. The van der Waals surface area contributed by atoms with E-state index in [2.05, 4.69) is 15.5 Å². The van der Waals surface area contributed by atoms with Crippen LogP contribution in [0.5, 0.6) is 0 Å². The average molecular weight is 360 g/mol. The molecule has 7 heteroatoms. The standard InChI is InChI=1S/C18H24N4O2S/c23-16(19-15-9-5-2-6-10-15)11-12-25-18-21-20-17(24)22(18)13-14-7-3-1-4-8-14/h1,3-4,7-8,15H,2,5-6,9-13H2,(H,19,23)(H,20,24). The summed E-state index contributed by atoms with van der Waals surface area (Å²) >= 11 is 1.44. The number of hydrogen-bond donors (Lipinski definition) is 2. The maximum atomic E-state index is 12.1. The number of amides is 1. The summed E-state index contributed by atoms with van der Waals surface area (Å²) < 4.78 is 1.61. The van der Waals surface area contributed by atoms with Gasteiger partial charge >= 0.3 is 5.69 Å². The van der Waals surface area contributed by atoms with Crippen LogP contribution in [0.1, 0.15) is 44.1 Å². The third-order valence-corrected chi connectivity index (χ3v) is 5.42. The number of nitrogens with zero attached hydrogens (tertiary/aromatic N) is 2. The number of hydrogen-bond acceptors (Lipinski definition) is 4. The number of aromatic nitrogens is 3. The first-order valence-electron chi connectivity index (χ1n) is 8.83. The van der Waals surface area contributed by atoms with Gasteiger partial charge in [-0.25, -0.2) is 9.89 Å². The molecule has 1 aliphatic carbocycles. The Morgan fingerprint density at radius 2 is 2.00 bits per heavy atom. The van der Waals surface area contributed by atoms with Crippen LogP contribution in [0.4, 0.5) is 0 Å². The Kier molecular flexibility index (Phi) is 6.33. The highest BCUT2D eigenvalue weighted by Gasteiger charge is 2.16. The Hall–Kier alpha value is -2.02. The van der Waals surface area contributed by atoms with Gasteiger partial charge in [0.2, 0.25) is 5.91 Å². The van der Waals surface area contributed by atoms with Crippen molar-refractivity contribution in [3.63, 3.8) is 0 Å². The minimum atomic E-state index is -0.224. The summed E-state index contributed by atoms with van der Waals surface area (Å²) in [5, 5.41) is 10.3. The molecule has 3 rings (SSSR count). The Labute approximate surface area is 151 Å². The minimum absolute atomic E-state index is 0.0897. The molecule has 1 amide bonds. The molecule has 0 unspecified atom stereocenters. The molecule has 0 saturated heterocycles. The topological polar surface area (TPSA) is 79.8 Å². The van der Waals surface area contributed by atoms with E-state index >= 15 is 0 Å². The number of rotatable bonds is 7. The molecule has 1 aromatic heterocycles. The first-order chi connectivity index (χ1) is 12.2. The molecular weight excluding hydrogens is 336 g/mol. The van der Waals surface area contributed by atoms with Gasteiger partial charge in [0, 0.05) is 18.2 Å². The number of nitrogens with one attached hydrogen (secondary N) is 2. The summed E-state index contributed by atoms with van der Waals surface area (Å²) in [6.45, 7) is 0.479. The van der Waals surface area contributed by atoms with Gasteiger partial charge in [-0.1, -0.05) is 61.4 Å². The van der Waals surface area contributed by atoms with Gasteiger partial charge in [-0.3, -0.25) is 9.36 Å². The summed E-state index contributed by atoms with van der Waals surface area (Å²) in [6.07, 6.45) is 6.31. The molecule has 0 aliphatic heterocycles. The molecule has 2 aromatic rings. The van der Waals surface area contributed by atoms with Gasteiger partial charge in [0.05, 0.1) is 6.54 Å². The SMILES string of the molecule is O=C(CCSc1n[nH]c(=O)n1Cc1ccccc1)NC1CCCCC1. The second-order valence-electron chi connectivity index (χ2n) is 6.38. The smallest absolute Gasteiger partial charge is 0.344 e. The minimum Gasteiger partial charge on any atom is -0.353 e. The molecule has 6 nitrogen and oxygen atoms in total. The van der Waals surface area contributed by atoms with Crippen LogP contribution in [-0.2, 0) is 11.3 Å². The van der Waals surface area contributed by atoms with Crippen molar-refractivity contribution in [3.8, 4) is 0 Å². The molecule has 134 valence electrons. The quantitative estimate of drug-likeness (QED) is 0.744. The van der Waals surface area contributed by atoms with Crippen LogP contribution >= 0.6 is 11.8 Å². The first kappa shape index (κ1) is 17.8. The van der Waals surface area contributed by atoms with Crippen LogP contribution in [0, 0.1) is 0 Å². The normalized spacial score (nSPS) is 15.2. The number of carbonyl (C=O) groups excluding carboxylic acids is 1. The predicted molar refractivity (Wildman–Crippen MR) is 98.7 cm³/mol. The van der Waals surface area contributed by atoms with E-state index in [-0.39, 0.29) is 11.6 Å². The molecule has 2 N–H and O–H groups in total. The van der Waals surface area contributed by atoms with E-state index in [1.54, 1.807) is 4.57 Å². The van der Waals surface area contributed by atoms with Gasteiger partial charge in [-0.15, -0.1) is 5.10 Å². The number of H-pyrrole nitrogens is 1. The molecule has 1 fully saturated rings. The second-order valence-corrected chi connectivity index (χ2v) is 7.45. The van der Waals surface area contributed by atoms with Crippen molar-refractivity contribution in [2.75, 3.05) is 5.75 Å². The van der Waals surface area contributed by atoms with E-state index in [1.165, 1.54) is 31.0 Å². The van der Waals surface area contributed by atoms with Gasteiger partial charge < -0.3 is 5.32 Å². The largest absolute Gasteiger partial charge is 0.353 e. The van der Waals surface area contributed by atoms with E-state index in [9.17, 15) is 9.59 Å². The van der Waals surface area contributed by atoms with Gasteiger partial charge in [0.15, 0.2) is 5.16 Å². The van der Waals surface area contributed by atoms with Gasteiger partial charge in [-0.05, 0) is 18.4 Å². The molecule has 0 atom stereocenters. The second kappa shape index (κ2) is 8.89. The highest BCUT2D eigenvalue weighted by atomic mass is 32.2. The fraction of sp³-hybridized carbons (Fsp3) is 0.500. The summed E-state index contributed by atoms with van der Waals surface area (Å²) in [5.41, 5.74) is 0.820. The Morgan fingerprint density at radius 3 is 2.76 bits per heavy atom. The molecule has 0 spiro atoms. The van der Waals surface area contributed by atoms with E-state index in [0.717, 1.165) is 18.4 Å².